The molecular weight excluding hydrogens is 396 g/mol. The number of thioether (sulfide) groups is 1. The molecule has 0 fully saturated rings. The largest absolute Gasteiger partial charge is 0.492 e. The number of amides is 1. The van der Waals surface area contributed by atoms with Crippen LogP contribution < -0.4 is 10.1 Å². The highest BCUT2D eigenvalue weighted by Crippen LogP contribution is 2.23. The Labute approximate surface area is 171 Å². The molecule has 0 spiro atoms. The first-order valence-electron chi connectivity index (χ1n) is 8.86. The Morgan fingerprint density at radius 2 is 1.71 bits per heavy atom. The van der Waals surface area contributed by atoms with E-state index in [2.05, 4.69) is 5.32 Å². The van der Waals surface area contributed by atoms with Crippen LogP contribution in [-0.2, 0) is 14.8 Å². The molecule has 1 N–H and O–H groups in total. The molecule has 0 saturated carbocycles. The van der Waals surface area contributed by atoms with Gasteiger partial charge in [0.1, 0.15) is 12.4 Å². The summed E-state index contributed by atoms with van der Waals surface area (Å²) in [5, 5.41) is 2.64. The predicted octanol–water partition coefficient (Wildman–Crippen LogP) is 2.92. The van der Waals surface area contributed by atoms with Crippen LogP contribution in [0.25, 0.3) is 0 Å². The van der Waals surface area contributed by atoms with Crippen molar-refractivity contribution in [1.82, 2.24) is 9.62 Å². The topological polar surface area (TPSA) is 75.7 Å². The highest BCUT2D eigenvalue weighted by atomic mass is 32.2. The minimum atomic E-state index is -3.45. The quantitative estimate of drug-likeness (QED) is 0.497. The molecule has 2 aromatic rings. The fraction of sp³-hybridized carbons (Fsp3) is 0.350. The van der Waals surface area contributed by atoms with Gasteiger partial charge in [0.15, 0.2) is 0 Å². The number of rotatable bonds is 9. The number of aryl methyl sites for hydroxylation is 1. The second-order valence-corrected chi connectivity index (χ2v) is 10.0. The van der Waals surface area contributed by atoms with Gasteiger partial charge in [-0.15, -0.1) is 11.8 Å². The van der Waals surface area contributed by atoms with Crippen molar-refractivity contribution in [2.24, 2.45) is 0 Å². The first-order chi connectivity index (χ1) is 13.2. The highest BCUT2D eigenvalue weighted by Gasteiger charge is 2.17. The van der Waals surface area contributed by atoms with E-state index in [4.69, 9.17) is 4.74 Å². The lowest BCUT2D eigenvalue weighted by molar-refractivity contribution is -0.120. The molecule has 0 unspecified atom stereocenters. The van der Waals surface area contributed by atoms with Gasteiger partial charge in [0.25, 0.3) is 0 Å². The Morgan fingerprint density at radius 1 is 1.11 bits per heavy atom. The maximum Gasteiger partial charge on any atom is 0.242 e. The minimum absolute atomic E-state index is 0.0541. The van der Waals surface area contributed by atoms with Crippen LogP contribution in [0.1, 0.15) is 12.5 Å². The molecule has 2 rings (SSSR count). The predicted molar refractivity (Wildman–Crippen MR) is 112 cm³/mol. The summed E-state index contributed by atoms with van der Waals surface area (Å²) in [6.07, 6.45) is 0. The molecule has 8 heteroatoms. The summed E-state index contributed by atoms with van der Waals surface area (Å²) in [6.45, 7) is 4.56. The van der Waals surface area contributed by atoms with Crippen molar-refractivity contribution < 1.29 is 17.9 Å². The fourth-order valence-electron chi connectivity index (χ4n) is 2.28. The molecule has 0 radical (unpaired) electrons. The molecule has 0 aliphatic carbocycles. The van der Waals surface area contributed by atoms with E-state index >= 15 is 0 Å². The number of nitrogens with zero attached hydrogens (tertiary/aromatic N) is 1. The van der Waals surface area contributed by atoms with Crippen molar-refractivity contribution >= 4 is 27.7 Å². The number of hydrogen-bond acceptors (Lipinski definition) is 5. The first kappa shape index (κ1) is 22.3. The molecule has 0 aliphatic rings. The van der Waals surface area contributed by atoms with Gasteiger partial charge in [0, 0.05) is 19.0 Å². The first-order valence-corrected chi connectivity index (χ1v) is 11.2. The highest BCUT2D eigenvalue weighted by molar-refractivity contribution is 8.00. The SMILES string of the molecule is Cc1ccc(S[C@H](C)C(=O)NCCOc2ccc(S(=O)(=O)N(C)C)cc2)cc1. The molecule has 28 heavy (non-hydrogen) atoms. The smallest absolute Gasteiger partial charge is 0.242 e. The average Bonchev–Trinajstić information content (AvgIpc) is 2.67. The molecule has 152 valence electrons. The third-order valence-electron chi connectivity index (χ3n) is 3.98. The third-order valence-corrected chi connectivity index (χ3v) is 6.92. The average molecular weight is 423 g/mol. The van der Waals surface area contributed by atoms with E-state index in [0.717, 1.165) is 9.20 Å². The molecule has 1 atom stereocenters. The van der Waals surface area contributed by atoms with E-state index in [9.17, 15) is 13.2 Å². The molecular formula is C20H26N2O4S2. The van der Waals surface area contributed by atoms with E-state index in [-0.39, 0.29) is 16.1 Å². The number of sulfonamides is 1. The van der Waals surface area contributed by atoms with Crippen molar-refractivity contribution in [2.75, 3.05) is 27.2 Å². The van der Waals surface area contributed by atoms with Gasteiger partial charge < -0.3 is 10.1 Å². The number of benzene rings is 2. The minimum Gasteiger partial charge on any atom is -0.492 e. The molecule has 1 amide bonds. The van der Waals surface area contributed by atoms with E-state index in [1.807, 2.05) is 38.1 Å². The lowest BCUT2D eigenvalue weighted by atomic mass is 10.2. The number of ether oxygens (including phenoxy) is 1. The number of carbonyl (C=O) groups is 1. The van der Waals surface area contributed by atoms with Crippen molar-refractivity contribution in [1.29, 1.82) is 0 Å². The summed E-state index contributed by atoms with van der Waals surface area (Å²) in [5.41, 5.74) is 1.19. The van der Waals surface area contributed by atoms with Crippen molar-refractivity contribution in [2.45, 2.75) is 28.9 Å². The zero-order valence-corrected chi connectivity index (χ0v) is 18.1. The standard InChI is InChI=1S/C20H26N2O4S2/c1-15-5-9-18(10-6-15)27-16(2)20(23)21-13-14-26-17-7-11-19(12-8-17)28(24,25)22(3)4/h5-12,16H,13-14H2,1-4H3,(H,21,23)/t16-/m1/s1. The maximum atomic E-state index is 12.2. The van der Waals surface area contributed by atoms with Gasteiger partial charge in [-0.25, -0.2) is 12.7 Å². The lowest BCUT2D eigenvalue weighted by Gasteiger charge is -2.13. The van der Waals surface area contributed by atoms with E-state index in [1.165, 1.54) is 43.6 Å². The van der Waals surface area contributed by atoms with Crippen molar-refractivity contribution in [3.8, 4) is 5.75 Å². The molecule has 0 aliphatic heterocycles. The van der Waals surface area contributed by atoms with Gasteiger partial charge in [-0.2, -0.15) is 0 Å². The van der Waals surface area contributed by atoms with Gasteiger partial charge in [-0.05, 0) is 50.2 Å². The number of nitrogens with one attached hydrogen (secondary N) is 1. The molecule has 2 aromatic carbocycles. The Balaban J connectivity index is 1.76. The van der Waals surface area contributed by atoms with Crippen LogP contribution in [0, 0.1) is 6.92 Å². The van der Waals surface area contributed by atoms with Crippen LogP contribution >= 0.6 is 11.8 Å². The van der Waals surface area contributed by atoms with Crippen LogP contribution in [-0.4, -0.2) is 51.1 Å². The second-order valence-electron chi connectivity index (χ2n) is 6.47. The van der Waals surface area contributed by atoms with Crippen LogP contribution in [0.2, 0.25) is 0 Å². The monoisotopic (exact) mass is 422 g/mol. The van der Waals surface area contributed by atoms with Gasteiger partial charge in [-0.1, -0.05) is 17.7 Å². The van der Waals surface area contributed by atoms with Crippen LogP contribution in [0.15, 0.2) is 58.3 Å². The molecule has 0 saturated heterocycles. The Hall–Kier alpha value is -2.03. The molecule has 6 nitrogen and oxygen atoms in total. The Bertz CT molecular complexity index is 879. The Morgan fingerprint density at radius 3 is 2.29 bits per heavy atom. The summed E-state index contributed by atoms with van der Waals surface area (Å²) >= 11 is 1.51. The Kier molecular flexibility index (Phi) is 7.91. The van der Waals surface area contributed by atoms with Crippen LogP contribution in [0.5, 0.6) is 5.75 Å². The van der Waals surface area contributed by atoms with Gasteiger partial charge >= 0.3 is 0 Å². The van der Waals surface area contributed by atoms with Crippen molar-refractivity contribution in [3.63, 3.8) is 0 Å². The van der Waals surface area contributed by atoms with Crippen LogP contribution in [0.3, 0.4) is 0 Å². The number of carbonyl (C=O) groups excluding carboxylic acids is 1. The van der Waals surface area contributed by atoms with Gasteiger partial charge in [0.2, 0.25) is 15.9 Å². The summed E-state index contributed by atoms with van der Waals surface area (Å²) in [5.74, 6) is 0.496. The van der Waals surface area contributed by atoms with Gasteiger partial charge in [0.05, 0.1) is 16.7 Å². The zero-order chi connectivity index (χ0) is 20.7. The summed E-state index contributed by atoms with van der Waals surface area (Å²) in [4.78, 5) is 13.4. The third kappa shape index (κ3) is 6.25. The summed E-state index contributed by atoms with van der Waals surface area (Å²) in [7, 11) is -0.476. The fourth-order valence-corrected chi connectivity index (χ4v) is 4.07. The zero-order valence-electron chi connectivity index (χ0n) is 16.5. The maximum absolute atomic E-state index is 12.2. The molecule has 0 aromatic heterocycles. The molecule has 0 heterocycles. The summed E-state index contributed by atoms with van der Waals surface area (Å²) in [6, 6.07) is 14.3. The molecule has 0 bridgehead atoms. The van der Waals surface area contributed by atoms with E-state index in [0.29, 0.717) is 18.9 Å². The normalized spacial score (nSPS) is 12.6. The second kappa shape index (κ2) is 9.95. The lowest BCUT2D eigenvalue weighted by Crippen LogP contribution is -2.33. The number of hydrogen-bond donors (Lipinski definition) is 1. The summed E-state index contributed by atoms with van der Waals surface area (Å²) < 4.78 is 30.8. The van der Waals surface area contributed by atoms with E-state index < -0.39 is 10.0 Å². The van der Waals surface area contributed by atoms with Crippen molar-refractivity contribution in [3.05, 3.63) is 54.1 Å². The van der Waals surface area contributed by atoms with Crippen LogP contribution in [0.4, 0.5) is 0 Å². The van der Waals surface area contributed by atoms with E-state index in [1.54, 1.807) is 12.1 Å². The van der Waals surface area contributed by atoms with Gasteiger partial charge in [-0.3, -0.25) is 4.79 Å².